The van der Waals surface area contributed by atoms with Crippen molar-refractivity contribution in [2.45, 2.75) is 39.2 Å². The molecule has 5 rings (SSSR count). The fourth-order valence-corrected chi connectivity index (χ4v) is 4.82. The number of primary amides is 1. The van der Waals surface area contributed by atoms with Gasteiger partial charge in [0.25, 0.3) is 5.91 Å². The average molecular weight is 396 g/mol. The van der Waals surface area contributed by atoms with Gasteiger partial charge in [-0.1, -0.05) is 60.7 Å². The summed E-state index contributed by atoms with van der Waals surface area (Å²) in [5.41, 5.74) is 15.1. The van der Waals surface area contributed by atoms with Crippen molar-refractivity contribution in [3.63, 3.8) is 0 Å². The molecule has 2 N–H and O–H groups in total. The van der Waals surface area contributed by atoms with Gasteiger partial charge in [0.15, 0.2) is 0 Å². The smallest absolute Gasteiger partial charge is 0.252 e. The van der Waals surface area contributed by atoms with Crippen LogP contribution in [-0.4, -0.2) is 15.5 Å². The number of rotatable bonds is 4. The Morgan fingerprint density at radius 1 is 1.00 bits per heavy atom. The number of aromatic nitrogens is 2. The van der Waals surface area contributed by atoms with E-state index in [0.29, 0.717) is 12.1 Å². The lowest BCUT2D eigenvalue weighted by atomic mass is 9.88. The maximum atomic E-state index is 12.5. The molecule has 1 aliphatic carbocycles. The van der Waals surface area contributed by atoms with Crippen LogP contribution in [-0.2, 0) is 19.4 Å². The van der Waals surface area contributed by atoms with Crippen molar-refractivity contribution in [3.05, 3.63) is 88.7 Å². The number of carbonyl (C=O) groups excluding carboxylic acids is 1. The van der Waals surface area contributed by atoms with E-state index in [9.17, 15) is 4.79 Å². The van der Waals surface area contributed by atoms with Gasteiger partial charge in [0.1, 0.15) is 5.52 Å². The number of pyridine rings is 1. The van der Waals surface area contributed by atoms with Gasteiger partial charge >= 0.3 is 0 Å². The van der Waals surface area contributed by atoms with Crippen LogP contribution < -0.4 is 5.73 Å². The summed E-state index contributed by atoms with van der Waals surface area (Å²) in [7, 11) is 0. The first-order chi connectivity index (χ1) is 14.6. The second-order valence-corrected chi connectivity index (χ2v) is 8.08. The monoisotopic (exact) mass is 395 g/mol. The molecule has 1 aliphatic rings. The molecule has 0 aliphatic heterocycles. The first kappa shape index (κ1) is 18.6. The van der Waals surface area contributed by atoms with Crippen molar-refractivity contribution in [1.82, 2.24) is 9.55 Å². The molecular formula is C26H25N3O. The Labute approximate surface area is 176 Å². The molecule has 0 saturated heterocycles. The lowest BCUT2D eigenvalue weighted by Gasteiger charge is -2.21. The SMILES string of the molecule is Cc1c(C(N)=O)c2nc3c(c(-c4ccccc4)c2n1Cc1ccccc1)CCCC3. The number of amides is 1. The van der Waals surface area contributed by atoms with Gasteiger partial charge in [-0.15, -0.1) is 0 Å². The van der Waals surface area contributed by atoms with Gasteiger partial charge in [0, 0.05) is 23.5 Å². The zero-order valence-corrected chi connectivity index (χ0v) is 17.2. The van der Waals surface area contributed by atoms with E-state index in [2.05, 4.69) is 41.0 Å². The largest absolute Gasteiger partial charge is 0.365 e. The molecule has 0 saturated carbocycles. The van der Waals surface area contributed by atoms with Crippen LogP contribution >= 0.6 is 0 Å². The first-order valence-corrected chi connectivity index (χ1v) is 10.6. The third kappa shape index (κ3) is 3.00. The van der Waals surface area contributed by atoms with Gasteiger partial charge in [-0.2, -0.15) is 0 Å². The number of fused-ring (bicyclic) bond motifs is 2. The minimum atomic E-state index is -0.411. The Morgan fingerprint density at radius 2 is 1.67 bits per heavy atom. The summed E-state index contributed by atoms with van der Waals surface area (Å²) in [5, 5.41) is 0. The number of benzene rings is 2. The second kappa shape index (κ2) is 7.45. The number of nitrogens with two attached hydrogens (primary N) is 1. The van der Waals surface area contributed by atoms with Crippen molar-refractivity contribution in [1.29, 1.82) is 0 Å². The average Bonchev–Trinajstić information content (AvgIpc) is 3.04. The number of carbonyl (C=O) groups is 1. The van der Waals surface area contributed by atoms with E-state index in [1.54, 1.807) is 0 Å². The van der Waals surface area contributed by atoms with Crippen molar-refractivity contribution in [2.75, 3.05) is 0 Å². The lowest BCUT2D eigenvalue weighted by molar-refractivity contribution is 0.100. The molecule has 2 aromatic heterocycles. The molecule has 2 aromatic carbocycles. The van der Waals surface area contributed by atoms with E-state index in [4.69, 9.17) is 10.7 Å². The Morgan fingerprint density at radius 3 is 2.37 bits per heavy atom. The van der Waals surface area contributed by atoms with Crippen LogP contribution in [0.3, 0.4) is 0 Å². The lowest BCUT2D eigenvalue weighted by Crippen LogP contribution is -2.13. The first-order valence-electron chi connectivity index (χ1n) is 10.6. The number of hydrogen-bond donors (Lipinski definition) is 1. The summed E-state index contributed by atoms with van der Waals surface area (Å²) in [6, 6.07) is 20.8. The fraction of sp³-hybridized carbons (Fsp3) is 0.231. The molecule has 0 spiro atoms. The van der Waals surface area contributed by atoms with Crippen LogP contribution in [0.4, 0.5) is 0 Å². The van der Waals surface area contributed by atoms with Crippen LogP contribution in [0.1, 0.15) is 45.7 Å². The quantitative estimate of drug-likeness (QED) is 0.526. The van der Waals surface area contributed by atoms with E-state index in [1.807, 2.05) is 31.2 Å². The molecule has 4 heteroatoms. The van der Waals surface area contributed by atoms with Crippen LogP contribution in [0.15, 0.2) is 60.7 Å². The molecular weight excluding hydrogens is 370 g/mol. The molecule has 0 radical (unpaired) electrons. The van der Waals surface area contributed by atoms with E-state index < -0.39 is 5.91 Å². The maximum Gasteiger partial charge on any atom is 0.252 e. The minimum Gasteiger partial charge on any atom is -0.365 e. The molecule has 0 fully saturated rings. The summed E-state index contributed by atoms with van der Waals surface area (Å²) in [6.07, 6.45) is 4.27. The van der Waals surface area contributed by atoms with Crippen LogP contribution in [0.5, 0.6) is 0 Å². The standard InChI is InChI=1S/C26H25N3O/c1-17-22(26(27)30)24-25(29(17)16-18-10-4-2-5-11-18)23(19-12-6-3-7-13-19)20-14-8-9-15-21(20)28-24/h2-7,10-13H,8-9,14-16H2,1H3,(H2,27,30). The third-order valence-electron chi connectivity index (χ3n) is 6.21. The third-order valence-corrected chi connectivity index (χ3v) is 6.21. The zero-order valence-electron chi connectivity index (χ0n) is 17.2. The summed E-state index contributed by atoms with van der Waals surface area (Å²) >= 11 is 0. The summed E-state index contributed by atoms with van der Waals surface area (Å²) in [6.45, 7) is 2.66. The van der Waals surface area contributed by atoms with Crippen LogP contribution in [0, 0.1) is 6.92 Å². The molecule has 2 heterocycles. The molecule has 4 nitrogen and oxygen atoms in total. The molecule has 30 heavy (non-hydrogen) atoms. The second-order valence-electron chi connectivity index (χ2n) is 8.08. The maximum absolute atomic E-state index is 12.5. The van der Waals surface area contributed by atoms with Crippen LogP contribution in [0.25, 0.3) is 22.2 Å². The topological polar surface area (TPSA) is 60.9 Å². The van der Waals surface area contributed by atoms with Crippen molar-refractivity contribution in [2.24, 2.45) is 5.73 Å². The molecule has 4 aromatic rings. The highest BCUT2D eigenvalue weighted by Gasteiger charge is 2.27. The summed E-state index contributed by atoms with van der Waals surface area (Å²) in [5.74, 6) is -0.411. The van der Waals surface area contributed by atoms with Gasteiger partial charge in [-0.3, -0.25) is 9.78 Å². The molecule has 0 bridgehead atoms. The highest BCUT2D eigenvalue weighted by Crippen LogP contribution is 2.39. The molecule has 0 atom stereocenters. The fourth-order valence-electron chi connectivity index (χ4n) is 4.82. The number of aryl methyl sites for hydroxylation is 1. The van der Waals surface area contributed by atoms with Crippen molar-refractivity contribution >= 4 is 16.9 Å². The molecule has 0 unspecified atom stereocenters. The minimum absolute atomic E-state index is 0.411. The van der Waals surface area contributed by atoms with E-state index in [-0.39, 0.29) is 0 Å². The summed E-state index contributed by atoms with van der Waals surface area (Å²) < 4.78 is 2.23. The highest BCUT2D eigenvalue weighted by molar-refractivity contribution is 6.10. The Balaban J connectivity index is 1.89. The van der Waals surface area contributed by atoms with E-state index >= 15 is 0 Å². The van der Waals surface area contributed by atoms with Crippen molar-refractivity contribution < 1.29 is 4.79 Å². The highest BCUT2D eigenvalue weighted by atomic mass is 16.1. The molecule has 1 amide bonds. The Hall–Kier alpha value is -3.40. The Bertz CT molecular complexity index is 1240. The number of nitrogens with zero attached hydrogens (tertiary/aromatic N) is 2. The van der Waals surface area contributed by atoms with Gasteiger partial charge in [0.2, 0.25) is 0 Å². The summed E-state index contributed by atoms with van der Waals surface area (Å²) in [4.78, 5) is 17.5. The predicted molar refractivity (Wildman–Crippen MR) is 121 cm³/mol. The van der Waals surface area contributed by atoms with E-state index in [0.717, 1.165) is 41.7 Å². The van der Waals surface area contributed by atoms with Gasteiger partial charge in [-0.25, -0.2) is 0 Å². The van der Waals surface area contributed by atoms with Gasteiger partial charge < -0.3 is 10.3 Å². The van der Waals surface area contributed by atoms with Crippen molar-refractivity contribution in [3.8, 4) is 11.1 Å². The molecule has 150 valence electrons. The van der Waals surface area contributed by atoms with Gasteiger partial charge in [0.05, 0.1) is 11.1 Å². The zero-order chi connectivity index (χ0) is 20.7. The Kier molecular flexibility index (Phi) is 4.62. The van der Waals surface area contributed by atoms with E-state index in [1.165, 1.54) is 28.7 Å². The normalized spacial score (nSPS) is 13.4. The van der Waals surface area contributed by atoms with Gasteiger partial charge in [-0.05, 0) is 49.3 Å². The van der Waals surface area contributed by atoms with Crippen LogP contribution in [0.2, 0.25) is 0 Å². The number of hydrogen-bond acceptors (Lipinski definition) is 2. The predicted octanol–water partition coefficient (Wildman–Crippen LogP) is 5.04.